The fraction of sp³-hybridized carbons (Fsp3) is 0.263. The third-order valence-corrected chi connectivity index (χ3v) is 3.93. The summed E-state index contributed by atoms with van der Waals surface area (Å²) in [6.45, 7) is 2.06. The van der Waals surface area contributed by atoms with Gasteiger partial charge in [-0.2, -0.15) is 0 Å². The van der Waals surface area contributed by atoms with Crippen molar-refractivity contribution in [3.63, 3.8) is 0 Å². The zero-order valence-corrected chi connectivity index (χ0v) is 15.1. The van der Waals surface area contributed by atoms with E-state index in [9.17, 15) is 4.79 Å². The second-order valence-electron chi connectivity index (χ2n) is 5.69. The molecule has 0 saturated heterocycles. The second-order valence-corrected chi connectivity index (χ2v) is 5.69. The summed E-state index contributed by atoms with van der Waals surface area (Å²) in [6.07, 6.45) is 3.80. The standard InChI is InChI=1S/C19H20N2O5/c1-12-5-6-18-20-13(10-21(18)9-12)11-26-19(22)14-7-16(24-3)17(25-4)8-15(14)23-2/h5-10H,11H2,1-4H3. The Bertz CT molecular complexity index is 948. The minimum atomic E-state index is -0.531. The number of benzene rings is 1. The van der Waals surface area contributed by atoms with Gasteiger partial charge in [-0.05, 0) is 18.6 Å². The Labute approximate surface area is 151 Å². The molecular weight excluding hydrogens is 336 g/mol. The van der Waals surface area contributed by atoms with Crippen LogP contribution in [0.4, 0.5) is 0 Å². The molecule has 0 aliphatic rings. The highest BCUT2D eigenvalue weighted by molar-refractivity contribution is 5.93. The first kappa shape index (κ1) is 17.6. The molecule has 3 aromatic rings. The zero-order valence-electron chi connectivity index (χ0n) is 15.1. The molecule has 0 atom stereocenters. The number of methoxy groups -OCH3 is 3. The maximum atomic E-state index is 12.5. The number of aryl methyl sites for hydroxylation is 1. The highest BCUT2D eigenvalue weighted by Gasteiger charge is 2.19. The van der Waals surface area contributed by atoms with Crippen molar-refractivity contribution >= 4 is 11.6 Å². The number of ether oxygens (including phenoxy) is 4. The average molecular weight is 356 g/mol. The van der Waals surface area contributed by atoms with Gasteiger partial charge >= 0.3 is 5.97 Å². The number of esters is 1. The van der Waals surface area contributed by atoms with Gasteiger partial charge in [-0.15, -0.1) is 0 Å². The molecule has 7 heteroatoms. The average Bonchev–Trinajstić information content (AvgIpc) is 3.06. The Morgan fingerprint density at radius 2 is 1.69 bits per heavy atom. The largest absolute Gasteiger partial charge is 0.496 e. The smallest absolute Gasteiger partial charge is 0.342 e. The molecule has 0 radical (unpaired) electrons. The summed E-state index contributed by atoms with van der Waals surface area (Å²) in [4.78, 5) is 16.9. The summed E-state index contributed by atoms with van der Waals surface area (Å²) in [5.41, 5.74) is 2.83. The minimum absolute atomic E-state index is 0.0526. The molecule has 2 heterocycles. The van der Waals surface area contributed by atoms with Crippen LogP contribution in [0.5, 0.6) is 17.2 Å². The van der Waals surface area contributed by atoms with Crippen molar-refractivity contribution in [3.8, 4) is 17.2 Å². The molecule has 0 fully saturated rings. The monoisotopic (exact) mass is 356 g/mol. The summed E-state index contributed by atoms with van der Waals surface area (Å²) in [7, 11) is 4.49. The first-order valence-corrected chi connectivity index (χ1v) is 7.97. The van der Waals surface area contributed by atoms with E-state index in [4.69, 9.17) is 18.9 Å². The first-order valence-electron chi connectivity index (χ1n) is 7.97. The summed E-state index contributed by atoms with van der Waals surface area (Å²) in [5, 5.41) is 0. The highest BCUT2D eigenvalue weighted by atomic mass is 16.5. The van der Waals surface area contributed by atoms with Crippen LogP contribution in [0.1, 0.15) is 21.6 Å². The van der Waals surface area contributed by atoms with Gasteiger partial charge < -0.3 is 23.3 Å². The van der Waals surface area contributed by atoms with Crippen molar-refractivity contribution in [1.82, 2.24) is 9.38 Å². The zero-order chi connectivity index (χ0) is 18.7. The van der Waals surface area contributed by atoms with E-state index >= 15 is 0 Å². The lowest BCUT2D eigenvalue weighted by atomic mass is 10.1. The molecule has 0 unspecified atom stereocenters. The Morgan fingerprint density at radius 3 is 2.38 bits per heavy atom. The molecule has 0 spiro atoms. The predicted octanol–water partition coefficient (Wildman–Crippen LogP) is 3.03. The van der Waals surface area contributed by atoms with Crippen LogP contribution in [0, 0.1) is 6.92 Å². The van der Waals surface area contributed by atoms with Crippen LogP contribution in [0.15, 0.2) is 36.7 Å². The van der Waals surface area contributed by atoms with Gasteiger partial charge in [0.25, 0.3) is 0 Å². The van der Waals surface area contributed by atoms with Crippen molar-refractivity contribution in [2.75, 3.05) is 21.3 Å². The molecule has 1 aromatic carbocycles. The van der Waals surface area contributed by atoms with Gasteiger partial charge in [-0.25, -0.2) is 9.78 Å². The molecule has 7 nitrogen and oxygen atoms in total. The topological polar surface area (TPSA) is 71.3 Å². The predicted molar refractivity (Wildman–Crippen MR) is 95.1 cm³/mol. The minimum Gasteiger partial charge on any atom is -0.496 e. The Hall–Kier alpha value is -3.22. The maximum Gasteiger partial charge on any atom is 0.342 e. The van der Waals surface area contributed by atoms with Crippen LogP contribution in [-0.2, 0) is 11.3 Å². The third kappa shape index (κ3) is 3.42. The van der Waals surface area contributed by atoms with Crippen LogP contribution in [0.3, 0.4) is 0 Å². The summed E-state index contributed by atoms with van der Waals surface area (Å²) in [6, 6.07) is 7.01. The van der Waals surface area contributed by atoms with Gasteiger partial charge in [0.1, 0.15) is 23.6 Å². The molecule has 0 aliphatic heterocycles. The van der Waals surface area contributed by atoms with Crippen LogP contribution < -0.4 is 14.2 Å². The van der Waals surface area contributed by atoms with Crippen LogP contribution in [-0.4, -0.2) is 36.7 Å². The van der Waals surface area contributed by atoms with Crippen LogP contribution in [0.2, 0.25) is 0 Å². The summed E-state index contributed by atoms with van der Waals surface area (Å²) >= 11 is 0. The van der Waals surface area contributed by atoms with Crippen molar-refractivity contribution in [2.45, 2.75) is 13.5 Å². The van der Waals surface area contributed by atoms with E-state index in [1.54, 1.807) is 6.07 Å². The number of rotatable bonds is 6. The van der Waals surface area contributed by atoms with Crippen molar-refractivity contribution in [1.29, 1.82) is 0 Å². The summed E-state index contributed by atoms with van der Waals surface area (Å²) in [5.74, 6) is 0.703. The van der Waals surface area contributed by atoms with Gasteiger partial charge in [-0.3, -0.25) is 0 Å². The number of imidazole rings is 1. The van der Waals surface area contributed by atoms with Gasteiger partial charge in [0.05, 0.1) is 27.0 Å². The van der Waals surface area contributed by atoms with E-state index in [0.29, 0.717) is 22.9 Å². The Balaban J connectivity index is 1.80. The third-order valence-electron chi connectivity index (χ3n) is 3.93. The van der Waals surface area contributed by atoms with Gasteiger partial charge in [0.2, 0.25) is 0 Å². The number of hydrogen-bond donors (Lipinski definition) is 0. The Morgan fingerprint density at radius 1 is 1.00 bits per heavy atom. The molecular formula is C19H20N2O5. The first-order chi connectivity index (χ1) is 12.5. The molecule has 0 bridgehead atoms. The number of carbonyl (C=O) groups excluding carboxylic acids is 1. The number of nitrogens with zero attached hydrogens (tertiary/aromatic N) is 2. The number of aromatic nitrogens is 2. The lowest BCUT2D eigenvalue weighted by molar-refractivity contribution is 0.0464. The van der Waals surface area contributed by atoms with Gasteiger partial charge in [0.15, 0.2) is 11.5 Å². The lowest BCUT2D eigenvalue weighted by Gasteiger charge is -2.13. The fourth-order valence-electron chi connectivity index (χ4n) is 2.63. The molecule has 3 rings (SSSR count). The van der Waals surface area contributed by atoms with Crippen LogP contribution >= 0.6 is 0 Å². The molecule has 0 N–H and O–H groups in total. The van der Waals surface area contributed by atoms with Crippen LogP contribution in [0.25, 0.3) is 5.65 Å². The normalized spacial score (nSPS) is 10.6. The number of carbonyl (C=O) groups is 1. The molecule has 0 amide bonds. The number of pyridine rings is 1. The van der Waals surface area contributed by atoms with E-state index in [1.807, 2.05) is 35.9 Å². The second kappa shape index (κ2) is 7.35. The maximum absolute atomic E-state index is 12.5. The van der Waals surface area contributed by atoms with Gasteiger partial charge in [-0.1, -0.05) is 6.07 Å². The van der Waals surface area contributed by atoms with Crippen molar-refractivity contribution < 1.29 is 23.7 Å². The quantitative estimate of drug-likeness (QED) is 0.632. The molecule has 0 aliphatic carbocycles. The molecule has 0 saturated carbocycles. The highest BCUT2D eigenvalue weighted by Crippen LogP contribution is 2.35. The number of fused-ring (bicyclic) bond motifs is 1. The van der Waals surface area contributed by atoms with Crippen molar-refractivity contribution in [2.24, 2.45) is 0 Å². The number of hydrogen-bond acceptors (Lipinski definition) is 6. The van der Waals surface area contributed by atoms with E-state index < -0.39 is 5.97 Å². The van der Waals surface area contributed by atoms with Crippen molar-refractivity contribution in [3.05, 3.63) is 53.5 Å². The van der Waals surface area contributed by atoms with E-state index in [2.05, 4.69) is 4.98 Å². The summed E-state index contributed by atoms with van der Waals surface area (Å²) < 4.78 is 23.0. The van der Waals surface area contributed by atoms with Gasteiger partial charge in [0, 0.05) is 24.5 Å². The van der Waals surface area contributed by atoms with E-state index in [1.165, 1.54) is 27.4 Å². The molecule has 136 valence electrons. The Kier molecular flexibility index (Phi) is 4.97. The molecule has 2 aromatic heterocycles. The lowest BCUT2D eigenvalue weighted by Crippen LogP contribution is -2.08. The van der Waals surface area contributed by atoms with E-state index in [-0.39, 0.29) is 12.2 Å². The SMILES string of the molecule is COc1cc(OC)c(C(=O)OCc2cn3cc(C)ccc3n2)cc1OC. The van der Waals surface area contributed by atoms with E-state index in [0.717, 1.165) is 11.2 Å². The fourth-order valence-corrected chi connectivity index (χ4v) is 2.63. The molecule has 26 heavy (non-hydrogen) atoms.